The van der Waals surface area contributed by atoms with E-state index in [1.165, 1.54) is 4.31 Å². The first-order valence-electron chi connectivity index (χ1n) is 8.12. The second kappa shape index (κ2) is 7.14. The van der Waals surface area contributed by atoms with Crippen LogP contribution in [0.3, 0.4) is 0 Å². The van der Waals surface area contributed by atoms with Crippen LogP contribution in [-0.2, 0) is 10.2 Å². The first-order chi connectivity index (χ1) is 11.5. The number of piperazine rings is 2. The number of aromatic nitrogens is 1. The number of hydrogen-bond donors (Lipinski definition) is 0. The lowest BCUT2D eigenvalue weighted by atomic mass is 10.3. The third kappa shape index (κ3) is 3.59. The maximum Gasteiger partial charge on any atom is 0.282 e. The third-order valence-corrected chi connectivity index (χ3v) is 6.56. The monoisotopic (exact) mass is 353 g/mol. The number of pyridine rings is 1. The molecule has 0 aliphatic carbocycles. The van der Waals surface area contributed by atoms with E-state index >= 15 is 0 Å². The molecule has 9 heteroatoms. The molecule has 2 fully saturated rings. The van der Waals surface area contributed by atoms with Crippen molar-refractivity contribution in [2.24, 2.45) is 0 Å². The lowest BCUT2D eigenvalue weighted by Gasteiger charge is -2.39. The van der Waals surface area contributed by atoms with Crippen molar-refractivity contribution in [3.63, 3.8) is 0 Å². The van der Waals surface area contributed by atoms with Gasteiger partial charge < -0.3 is 9.80 Å². The zero-order chi connectivity index (χ0) is 17.2. The van der Waals surface area contributed by atoms with Crippen molar-refractivity contribution >= 4 is 16.1 Å². The second-order valence-corrected chi connectivity index (χ2v) is 8.04. The fraction of sp³-hybridized carbons (Fsp3) is 0.600. The number of nitrogens with zero attached hydrogens (tertiary/aromatic N) is 5. The summed E-state index contributed by atoms with van der Waals surface area (Å²) >= 11 is 0. The highest BCUT2D eigenvalue weighted by Gasteiger charge is 2.34. The first kappa shape index (κ1) is 17.3. The molecule has 1 aromatic rings. The maximum atomic E-state index is 12.7. The fourth-order valence-electron chi connectivity index (χ4n) is 2.96. The standard InChI is InChI=1S/C15H23N5O3S/c1-17-6-10-19(11-7-17)24(22,23)20-12-8-18(9-13-20)15(21)14-4-2-3-5-16-14/h2-5H,6-13H2,1H3. The summed E-state index contributed by atoms with van der Waals surface area (Å²) in [7, 11) is -1.44. The van der Waals surface area contributed by atoms with Crippen LogP contribution in [0, 0.1) is 0 Å². The lowest BCUT2D eigenvalue weighted by molar-refractivity contribution is 0.0686. The van der Waals surface area contributed by atoms with E-state index < -0.39 is 10.2 Å². The molecule has 24 heavy (non-hydrogen) atoms. The number of carbonyl (C=O) groups excluding carboxylic acids is 1. The summed E-state index contributed by atoms with van der Waals surface area (Å²) in [6.45, 7) is 3.97. The second-order valence-electron chi connectivity index (χ2n) is 6.12. The van der Waals surface area contributed by atoms with Gasteiger partial charge in [-0.1, -0.05) is 6.07 Å². The topological polar surface area (TPSA) is 77.1 Å². The van der Waals surface area contributed by atoms with Gasteiger partial charge in [0.2, 0.25) is 0 Å². The molecule has 0 radical (unpaired) electrons. The number of amides is 1. The molecular weight excluding hydrogens is 330 g/mol. The molecule has 3 heterocycles. The summed E-state index contributed by atoms with van der Waals surface area (Å²) in [6, 6.07) is 5.21. The van der Waals surface area contributed by atoms with Crippen molar-refractivity contribution < 1.29 is 13.2 Å². The Kier molecular flexibility index (Phi) is 5.14. The number of rotatable bonds is 3. The molecular formula is C15H23N5O3S. The fourth-order valence-corrected chi connectivity index (χ4v) is 4.53. The van der Waals surface area contributed by atoms with Crippen LogP contribution in [-0.4, -0.2) is 97.1 Å². The van der Waals surface area contributed by atoms with Crippen molar-refractivity contribution in [2.75, 3.05) is 59.4 Å². The van der Waals surface area contributed by atoms with E-state index in [1.807, 2.05) is 7.05 Å². The quantitative estimate of drug-likeness (QED) is 0.720. The molecule has 0 aromatic carbocycles. The van der Waals surface area contributed by atoms with Gasteiger partial charge in [0.15, 0.2) is 0 Å². The lowest BCUT2D eigenvalue weighted by Crippen LogP contribution is -2.57. The minimum Gasteiger partial charge on any atom is -0.335 e. The highest BCUT2D eigenvalue weighted by atomic mass is 32.2. The van der Waals surface area contributed by atoms with Gasteiger partial charge in [-0.05, 0) is 19.2 Å². The molecule has 0 spiro atoms. The van der Waals surface area contributed by atoms with Crippen LogP contribution >= 0.6 is 0 Å². The zero-order valence-corrected chi connectivity index (χ0v) is 14.7. The van der Waals surface area contributed by atoms with Gasteiger partial charge in [0, 0.05) is 58.6 Å². The highest BCUT2D eigenvalue weighted by molar-refractivity contribution is 7.86. The molecule has 0 saturated carbocycles. The van der Waals surface area contributed by atoms with E-state index in [9.17, 15) is 13.2 Å². The average Bonchev–Trinajstić information content (AvgIpc) is 2.62. The molecule has 1 amide bonds. The van der Waals surface area contributed by atoms with Gasteiger partial charge in [-0.3, -0.25) is 9.78 Å². The van der Waals surface area contributed by atoms with Gasteiger partial charge in [-0.25, -0.2) is 0 Å². The van der Waals surface area contributed by atoms with Crippen molar-refractivity contribution in [1.29, 1.82) is 0 Å². The summed E-state index contributed by atoms with van der Waals surface area (Å²) in [4.78, 5) is 20.2. The van der Waals surface area contributed by atoms with Crippen molar-refractivity contribution in [3.8, 4) is 0 Å². The molecule has 0 N–H and O–H groups in total. The Morgan fingerprint density at radius 2 is 1.54 bits per heavy atom. The van der Waals surface area contributed by atoms with Crippen LogP contribution in [0.25, 0.3) is 0 Å². The molecule has 2 saturated heterocycles. The Bertz CT molecular complexity index is 666. The molecule has 2 aliphatic rings. The Hall–Kier alpha value is -1.55. The summed E-state index contributed by atoms with van der Waals surface area (Å²) in [5, 5.41) is 0. The van der Waals surface area contributed by atoms with E-state index in [1.54, 1.807) is 33.6 Å². The largest absolute Gasteiger partial charge is 0.335 e. The van der Waals surface area contributed by atoms with E-state index in [2.05, 4.69) is 9.88 Å². The van der Waals surface area contributed by atoms with E-state index in [0.29, 0.717) is 45.0 Å². The molecule has 1 aromatic heterocycles. The minimum absolute atomic E-state index is 0.146. The van der Waals surface area contributed by atoms with Gasteiger partial charge in [-0.15, -0.1) is 0 Å². The van der Waals surface area contributed by atoms with E-state index in [4.69, 9.17) is 0 Å². The first-order valence-corrected chi connectivity index (χ1v) is 9.52. The predicted octanol–water partition coefficient (Wildman–Crippen LogP) is -0.668. The molecule has 3 rings (SSSR count). The smallest absolute Gasteiger partial charge is 0.282 e. The molecule has 0 unspecified atom stereocenters. The normalized spacial score (nSPS) is 21.8. The van der Waals surface area contributed by atoms with Gasteiger partial charge in [-0.2, -0.15) is 17.0 Å². The Labute approximate surface area is 142 Å². The molecule has 0 bridgehead atoms. The highest BCUT2D eigenvalue weighted by Crippen LogP contribution is 2.15. The van der Waals surface area contributed by atoms with Crippen molar-refractivity contribution in [2.45, 2.75) is 0 Å². The maximum absolute atomic E-state index is 12.7. The van der Waals surface area contributed by atoms with Gasteiger partial charge in [0.25, 0.3) is 16.1 Å². The van der Waals surface area contributed by atoms with E-state index in [-0.39, 0.29) is 5.91 Å². The number of hydrogen-bond acceptors (Lipinski definition) is 5. The summed E-state index contributed by atoms with van der Waals surface area (Å²) < 4.78 is 28.5. The van der Waals surface area contributed by atoms with Crippen molar-refractivity contribution in [3.05, 3.63) is 30.1 Å². The SMILES string of the molecule is CN1CCN(S(=O)(=O)N2CCN(C(=O)c3ccccn3)CC2)CC1. The minimum atomic E-state index is -3.44. The van der Waals surface area contributed by atoms with Crippen LogP contribution in [0.2, 0.25) is 0 Å². The van der Waals surface area contributed by atoms with Crippen LogP contribution in [0.4, 0.5) is 0 Å². The molecule has 0 atom stereocenters. The Balaban J connectivity index is 1.59. The summed E-state index contributed by atoms with van der Waals surface area (Å²) in [5.41, 5.74) is 0.396. The Morgan fingerprint density at radius 1 is 0.958 bits per heavy atom. The van der Waals surface area contributed by atoms with Gasteiger partial charge >= 0.3 is 0 Å². The number of carbonyl (C=O) groups is 1. The summed E-state index contributed by atoms with van der Waals surface area (Å²) in [5.74, 6) is -0.146. The average molecular weight is 353 g/mol. The van der Waals surface area contributed by atoms with Crippen LogP contribution < -0.4 is 0 Å². The third-order valence-electron chi connectivity index (χ3n) is 4.52. The summed E-state index contributed by atoms with van der Waals surface area (Å²) in [6.07, 6.45) is 1.58. The molecule has 8 nitrogen and oxygen atoms in total. The van der Waals surface area contributed by atoms with Crippen molar-refractivity contribution in [1.82, 2.24) is 23.4 Å². The Morgan fingerprint density at radius 3 is 2.08 bits per heavy atom. The van der Waals surface area contributed by atoms with Crippen LogP contribution in [0.15, 0.2) is 24.4 Å². The number of likely N-dealkylation sites (N-methyl/N-ethyl adjacent to an activating group) is 1. The van der Waals surface area contributed by atoms with Crippen LogP contribution in [0.5, 0.6) is 0 Å². The molecule has 132 valence electrons. The van der Waals surface area contributed by atoms with E-state index in [0.717, 1.165) is 13.1 Å². The van der Waals surface area contributed by atoms with Gasteiger partial charge in [0.05, 0.1) is 0 Å². The predicted molar refractivity (Wildman–Crippen MR) is 89.7 cm³/mol. The van der Waals surface area contributed by atoms with Gasteiger partial charge in [0.1, 0.15) is 5.69 Å². The molecule has 2 aliphatic heterocycles. The zero-order valence-electron chi connectivity index (χ0n) is 13.8. The van der Waals surface area contributed by atoms with Crippen LogP contribution in [0.1, 0.15) is 10.5 Å².